The van der Waals surface area contributed by atoms with Gasteiger partial charge in [0.25, 0.3) is 0 Å². The van der Waals surface area contributed by atoms with Gasteiger partial charge in [-0.3, -0.25) is 0 Å². The third-order valence-electron chi connectivity index (χ3n) is 8.86. The minimum atomic E-state index is 0. The summed E-state index contributed by atoms with van der Waals surface area (Å²) in [5, 5.41) is 0. The van der Waals surface area contributed by atoms with Crippen molar-refractivity contribution in [3.05, 3.63) is 0 Å². The van der Waals surface area contributed by atoms with E-state index in [4.69, 9.17) is 0 Å². The van der Waals surface area contributed by atoms with Crippen molar-refractivity contribution in [2.75, 3.05) is 81.6 Å². The van der Waals surface area contributed by atoms with Crippen LogP contribution >= 0.6 is 0 Å². The molecule has 0 aliphatic rings. The summed E-state index contributed by atoms with van der Waals surface area (Å²) in [4.78, 5) is 0. The summed E-state index contributed by atoms with van der Waals surface area (Å²) in [5.41, 5.74) is 0. The molecule has 0 amide bonds. The van der Waals surface area contributed by atoms with Gasteiger partial charge in [-0.15, -0.1) is 0 Å². The zero-order valence-electron chi connectivity index (χ0n) is 28.9. The van der Waals surface area contributed by atoms with Crippen molar-refractivity contribution in [2.45, 2.75) is 142 Å². The number of halogens is 3. The lowest BCUT2D eigenvalue weighted by molar-refractivity contribution is -0.967. The first-order chi connectivity index (χ1) is 17.5. The quantitative estimate of drug-likeness (QED) is 0.0597. The molecule has 0 bridgehead atoms. The molecule has 3 nitrogen and oxygen atoms in total. The van der Waals surface area contributed by atoms with Gasteiger partial charge in [-0.2, -0.15) is 0 Å². The SMILES string of the molecule is CCCCCCCCCCCC[N+](C)(C)CC[N+](C)(C)CC[N+](C)(C)CCCCCCCCCCCC.[Br-].[Br-].[I-]. The Hall–Kier alpha value is 1.57. The second-order valence-corrected chi connectivity index (χ2v) is 14.5. The van der Waals surface area contributed by atoms with E-state index in [2.05, 4.69) is 56.1 Å². The van der Waals surface area contributed by atoms with Gasteiger partial charge in [-0.1, -0.05) is 117 Å². The Labute approximate surface area is 293 Å². The topological polar surface area (TPSA) is 0 Å². The fourth-order valence-corrected chi connectivity index (χ4v) is 5.47. The summed E-state index contributed by atoms with van der Waals surface area (Å²) in [6, 6.07) is 0. The van der Waals surface area contributed by atoms with Gasteiger partial charge in [0.05, 0.1) is 55.4 Å². The Morgan fingerprint density at radius 2 is 0.450 bits per heavy atom. The molecule has 0 atom stereocenters. The molecule has 0 fully saturated rings. The first-order valence-electron chi connectivity index (χ1n) is 17.0. The van der Waals surface area contributed by atoms with Gasteiger partial charge in [0, 0.05) is 0 Å². The van der Waals surface area contributed by atoms with Gasteiger partial charge in [-0.25, -0.2) is 0 Å². The average Bonchev–Trinajstić information content (AvgIpc) is 2.84. The van der Waals surface area contributed by atoms with Crippen molar-refractivity contribution in [1.29, 1.82) is 0 Å². The normalized spacial score (nSPS) is 12.0. The van der Waals surface area contributed by atoms with Crippen LogP contribution in [-0.2, 0) is 0 Å². The van der Waals surface area contributed by atoms with Crippen molar-refractivity contribution in [3.63, 3.8) is 0 Å². The highest BCUT2D eigenvalue weighted by atomic mass is 127. The molecule has 40 heavy (non-hydrogen) atoms. The summed E-state index contributed by atoms with van der Waals surface area (Å²) in [6.45, 7) is 12.5. The third-order valence-corrected chi connectivity index (χ3v) is 8.86. The fourth-order valence-electron chi connectivity index (χ4n) is 5.47. The molecule has 0 heterocycles. The molecule has 0 spiro atoms. The number of nitrogens with zero attached hydrogens (tertiary/aromatic N) is 3. The Bertz CT molecular complexity index is 460. The second kappa shape index (κ2) is 30.6. The monoisotopic (exact) mass is 811 g/mol. The molecule has 248 valence electrons. The Morgan fingerprint density at radius 1 is 0.275 bits per heavy atom. The van der Waals surface area contributed by atoms with Gasteiger partial charge < -0.3 is 71.4 Å². The molecular formula is C34H76Br2IN3. The molecule has 0 rings (SSSR count). The predicted molar refractivity (Wildman–Crippen MR) is 169 cm³/mol. The highest BCUT2D eigenvalue weighted by Crippen LogP contribution is 2.14. The summed E-state index contributed by atoms with van der Waals surface area (Å²) >= 11 is 0. The number of quaternary nitrogens is 3. The fraction of sp³-hybridized carbons (Fsp3) is 1.00. The van der Waals surface area contributed by atoms with E-state index in [1.54, 1.807) is 0 Å². The van der Waals surface area contributed by atoms with E-state index in [0.717, 1.165) is 0 Å². The molecule has 0 aromatic carbocycles. The van der Waals surface area contributed by atoms with Gasteiger partial charge in [0.1, 0.15) is 26.2 Å². The molecule has 0 aliphatic heterocycles. The Kier molecular flexibility index (Phi) is 37.1. The maximum absolute atomic E-state index is 2.46. The molecule has 0 saturated carbocycles. The molecule has 6 heteroatoms. The highest BCUT2D eigenvalue weighted by molar-refractivity contribution is 4.50. The third kappa shape index (κ3) is 34.1. The molecule has 0 aromatic rings. The van der Waals surface area contributed by atoms with Crippen LogP contribution in [0.15, 0.2) is 0 Å². The molecule has 0 N–H and O–H groups in total. The van der Waals surface area contributed by atoms with Crippen LogP contribution in [0.25, 0.3) is 0 Å². The Morgan fingerprint density at radius 3 is 0.675 bits per heavy atom. The van der Waals surface area contributed by atoms with Crippen LogP contribution in [-0.4, -0.2) is 95.0 Å². The lowest BCUT2D eigenvalue weighted by atomic mass is 10.1. The average molecular weight is 814 g/mol. The zero-order chi connectivity index (χ0) is 27.9. The number of hydrogen-bond donors (Lipinski definition) is 0. The first kappa shape index (κ1) is 48.5. The van der Waals surface area contributed by atoms with E-state index in [9.17, 15) is 0 Å². The maximum atomic E-state index is 2.46. The summed E-state index contributed by atoms with van der Waals surface area (Å²) in [7, 11) is 14.7. The lowest BCUT2D eigenvalue weighted by Gasteiger charge is -2.38. The second-order valence-electron chi connectivity index (χ2n) is 14.5. The molecule has 0 unspecified atom stereocenters. The number of hydrogen-bond acceptors (Lipinski definition) is 0. The van der Waals surface area contributed by atoms with E-state index in [-0.39, 0.29) is 57.9 Å². The van der Waals surface area contributed by atoms with E-state index in [0.29, 0.717) is 0 Å². The van der Waals surface area contributed by atoms with Crippen LogP contribution in [0.1, 0.15) is 142 Å². The standard InChI is InChI=1S/C34H76N3.2BrH.HI/c1-9-11-13-15-17-19-21-23-25-27-29-35(3,4)31-33-37(7,8)34-32-36(5,6)30-28-26-24-22-20-18-16-14-12-10-2;;;/h9-34H2,1-8H3;3*1H/q+3;;;/p-3. The zero-order valence-corrected chi connectivity index (χ0v) is 34.2. The highest BCUT2D eigenvalue weighted by Gasteiger charge is 2.26. The minimum absolute atomic E-state index is 0. The summed E-state index contributed by atoms with van der Waals surface area (Å²) < 4.78 is 3.55. The maximum Gasteiger partial charge on any atom is 0.128 e. The summed E-state index contributed by atoms with van der Waals surface area (Å²) in [5.74, 6) is 0. The lowest BCUT2D eigenvalue weighted by Crippen LogP contribution is -3.00. The molecule has 0 radical (unpaired) electrons. The van der Waals surface area contributed by atoms with Gasteiger partial charge in [-0.05, 0) is 25.7 Å². The van der Waals surface area contributed by atoms with Gasteiger partial charge >= 0.3 is 0 Å². The van der Waals surface area contributed by atoms with Crippen LogP contribution in [0.4, 0.5) is 0 Å². The molecule has 0 aliphatic carbocycles. The summed E-state index contributed by atoms with van der Waals surface area (Å²) in [6.07, 6.45) is 28.7. The van der Waals surface area contributed by atoms with E-state index >= 15 is 0 Å². The van der Waals surface area contributed by atoms with Crippen molar-refractivity contribution in [3.8, 4) is 0 Å². The van der Waals surface area contributed by atoms with Crippen LogP contribution < -0.4 is 57.9 Å². The molecule has 0 saturated heterocycles. The van der Waals surface area contributed by atoms with Crippen molar-refractivity contribution >= 4 is 0 Å². The smallest absolute Gasteiger partial charge is 0.128 e. The van der Waals surface area contributed by atoms with E-state index in [1.165, 1.54) is 181 Å². The van der Waals surface area contributed by atoms with Crippen molar-refractivity contribution in [1.82, 2.24) is 0 Å². The Balaban J connectivity index is -0.00000216. The number of rotatable bonds is 28. The first-order valence-corrected chi connectivity index (χ1v) is 17.0. The molecule has 0 aromatic heterocycles. The van der Waals surface area contributed by atoms with Gasteiger partial charge in [0.15, 0.2) is 0 Å². The van der Waals surface area contributed by atoms with Crippen molar-refractivity contribution < 1.29 is 71.4 Å². The molecular weight excluding hydrogens is 737 g/mol. The van der Waals surface area contributed by atoms with Crippen LogP contribution in [0, 0.1) is 0 Å². The van der Waals surface area contributed by atoms with E-state index in [1.807, 2.05) is 0 Å². The van der Waals surface area contributed by atoms with Crippen LogP contribution in [0.3, 0.4) is 0 Å². The van der Waals surface area contributed by atoms with Crippen LogP contribution in [0.5, 0.6) is 0 Å². The van der Waals surface area contributed by atoms with Crippen LogP contribution in [0.2, 0.25) is 0 Å². The van der Waals surface area contributed by atoms with E-state index < -0.39 is 0 Å². The minimum Gasteiger partial charge on any atom is -1.00 e. The van der Waals surface area contributed by atoms with Crippen molar-refractivity contribution in [2.24, 2.45) is 0 Å². The number of unbranched alkanes of at least 4 members (excludes halogenated alkanes) is 18. The largest absolute Gasteiger partial charge is 1.00 e. The number of likely N-dealkylation sites (N-methyl/N-ethyl adjacent to an activating group) is 3. The predicted octanol–water partition coefficient (Wildman–Crippen LogP) is 0.0694. The van der Waals surface area contributed by atoms with Gasteiger partial charge in [0.2, 0.25) is 0 Å².